The number of aromatic nitrogens is 3. The average Bonchev–Trinajstić information content (AvgIpc) is 2.75. The van der Waals surface area contributed by atoms with Gasteiger partial charge in [-0.25, -0.2) is 0 Å². The summed E-state index contributed by atoms with van der Waals surface area (Å²) in [6, 6.07) is 0.00956. The first kappa shape index (κ1) is 12.6. The monoisotopic (exact) mass is 225 g/mol. The summed E-state index contributed by atoms with van der Waals surface area (Å²) in [5.74, 6) is 0.363. The molecule has 1 amide bonds. The fourth-order valence-electron chi connectivity index (χ4n) is 1.12. The number of amides is 1. The van der Waals surface area contributed by atoms with Crippen molar-refractivity contribution in [2.75, 3.05) is 6.54 Å². The number of carbonyl (C=O) groups excluding carboxylic acids is 1. The predicted molar refractivity (Wildman–Crippen MR) is 60.5 cm³/mol. The lowest BCUT2D eigenvalue weighted by Gasteiger charge is -2.15. The first-order chi connectivity index (χ1) is 7.59. The Morgan fingerprint density at radius 2 is 2.31 bits per heavy atom. The second-order valence-corrected chi connectivity index (χ2v) is 4.13. The molecule has 16 heavy (non-hydrogen) atoms. The van der Waals surface area contributed by atoms with Gasteiger partial charge in [0.25, 0.3) is 0 Å². The third kappa shape index (κ3) is 4.39. The molecule has 0 saturated heterocycles. The van der Waals surface area contributed by atoms with Gasteiger partial charge in [-0.15, -0.1) is 5.10 Å². The summed E-state index contributed by atoms with van der Waals surface area (Å²) < 4.78 is 1.63. The number of nitrogens with one attached hydrogen (secondary N) is 1. The second kappa shape index (κ2) is 6.22. The van der Waals surface area contributed by atoms with E-state index in [1.807, 2.05) is 13.8 Å². The Morgan fingerprint density at radius 1 is 1.56 bits per heavy atom. The van der Waals surface area contributed by atoms with Crippen molar-refractivity contribution in [1.29, 1.82) is 0 Å². The summed E-state index contributed by atoms with van der Waals surface area (Å²) >= 11 is 0. The van der Waals surface area contributed by atoms with Crippen molar-refractivity contribution in [3.05, 3.63) is 12.4 Å². The fraction of sp³-hybridized carbons (Fsp3) is 0.700. The maximum atomic E-state index is 11.4. The zero-order valence-electron chi connectivity index (χ0n) is 9.76. The van der Waals surface area contributed by atoms with Crippen molar-refractivity contribution in [3.8, 4) is 0 Å². The molecule has 1 rings (SSSR count). The molecule has 6 nitrogen and oxygen atoms in total. The van der Waals surface area contributed by atoms with Crippen molar-refractivity contribution < 1.29 is 4.79 Å². The Morgan fingerprint density at radius 3 is 2.88 bits per heavy atom. The van der Waals surface area contributed by atoms with E-state index >= 15 is 0 Å². The van der Waals surface area contributed by atoms with Crippen LogP contribution in [0.5, 0.6) is 0 Å². The van der Waals surface area contributed by atoms with Gasteiger partial charge in [-0.05, 0) is 5.92 Å². The molecule has 3 N–H and O–H groups in total. The molecule has 0 bridgehead atoms. The fourth-order valence-corrected chi connectivity index (χ4v) is 1.12. The van der Waals surface area contributed by atoms with Gasteiger partial charge in [-0.1, -0.05) is 19.1 Å². The molecule has 1 aromatic rings. The highest BCUT2D eigenvalue weighted by atomic mass is 16.1. The van der Waals surface area contributed by atoms with E-state index in [0.717, 1.165) is 0 Å². The normalized spacial score (nSPS) is 12.8. The summed E-state index contributed by atoms with van der Waals surface area (Å²) in [5.41, 5.74) is 5.81. The number of hydrogen-bond donors (Lipinski definition) is 2. The van der Waals surface area contributed by atoms with Crippen LogP contribution in [0.4, 0.5) is 0 Å². The Kier molecular flexibility index (Phi) is 4.91. The summed E-state index contributed by atoms with van der Waals surface area (Å²) in [6.07, 6.45) is 3.72. The summed E-state index contributed by atoms with van der Waals surface area (Å²) in [5, 5.41) is 10.2. The summed E-state index contributed by atoms with van der Waals surface area (Å²) in [4.78, 5) is 11.4. The molecule has 1 atom stereocenters. The zero-order chi connectivity index (χ0) is 12.0. The third-order valence-corrected chi connectivity index (χ3v) is 2.43. The molecule has 0 spiro atoms. The van der Waals surface area contributed by atoms with Gasteiger partial charge < -0.3 is 11.1 Å². The molecule has 0 radical (unpaired) electrons. The van der Waals surface area contributed by atoms with Crippen LogP contribution in [-0.2, 0) is 11.3 Å². The quantitative estimate of drug-likeness (QED) is 0.700. The Labute approximate surface area is 95.2 Å². The van der Waals surface area contributed by atoms with Gasteiger partial charge in [0.1, 0.15) is 0 Å². The minimum Gasteiger partial charge on any atom is -0.354 e. The number of hydrogen-bond acceptors (Lipinski definition) is 4. The predicted octanol–water partition coefficient (Wildman–Crippen LogP) is -0.232. The number of nitrogens with zero attached hydrogens (tertiary/aromatic N) is 3. The summed E-state index contributed by atoms with van der Waals surface area (Å²) in [6.45, 7) is 5.13. The Hall–Kier alpha value is -1.43. The van der Waals surface area contributed by atoms with E-state index in [0.29, 0.717) is 25.4 Å². The first-order valence-corrected chi connectivity index (χ1v) is 5.46. The minimum absolute atomic E-state index is 0.00778. The molecule has 0 saturated carbocycles. The third-order valence-electron chi connectivity index (χ3n) is 2.43. The van der Waals surface area contributed by atoms with Crippen molar-refractivity contribution in [1.82, 2.24) is 20.3 Å². The van der Waals surface area contributed by atoms with Crippen LogP contribution in [0.3, 0.4) is 0 Å². The van der Waals surface area contributed by atoms with Gasteiger partial charge in [0.2, 0.25) is 5.91 Å². The molecular formula is C10H19N5O. The molecule has 6 heteroatoms. The smallest absolute Gasteiger partial charge is 0.221 e. The maximum absolute atomic E-state index is 11.4. The van der Waals surface area contributed by atoms with Crippen molar-refractivity contribution in [2.24, 2.45) is 11.7 Å². The van der Waals surface area contributed by atoms with Gasteiger partial charge in [0.15, 0.2) is 0 Å². The van der Waals surface area contributed by atoms with Crippen LogP contribution in [0.15, 0.2) is 12.4 Å². The van der Waals surface area contributed by atoms with Crippen LogP contribution in [0, 0.1) is 5.92 Å². The van der Waals surface area contributed by atoms with E-state index in [4.69, 9.17) is 5.73 Å². The molecule has 0 aliphatic heterocycles. The van der Waals surface area contributed by atoms with Crippen molar-refractivity contribution >= 4 is 5.91 Å². The van der Waals surface area contributed by atoms with Crippen molar-refractivity contribution in [2.45, 2.75) is 32.9 Å². The van der Waals surface area contributed by atoms with E-state index in [1.54, 1.807) is 17.1 Å². The SMILES string of the molecule is CC(C)C(N)CNC(=O)CCn1ccnn1. The number of nitrogens with two attached hydrogens (primary N) is 1. The van der Waals surface area contributed by atoms with E-state index < -0.39 is 0 Å². The second-order valence-electron chi connectivity index (χ2n) is 4.13. The molecular weight excluding hydrogens is 206 g/mol. The number of rotatable bonds is 6. The van der Waals surface area contributed by atoms with E-state index in [1.165, 1.54) is 0 Å². The highest BCUT2D eigenvalue weighted by molar-refractivity contribution is 5.75. The Balaban J connectivity index is 2.16. The minimum atomic E-state index is -0.00778. The summed E-state index contributed by atoms with van der Waals surface area (Å²) in [7, 11) is 0. The molecule has 0 fully saturated rings. The largest absolute Gasteiger partial charge is 0.354 e. The van der Waals surface area contributed by atoms with Crippen LogP contribution in [0.2, 0.25) is 0 Å². The molecule has 0 aliphatic carbocycles. The highest BCUT2D eigenvalue weighted by Crippen LogP contribution is 1.96. The lowest BCUT2D eigenvalue weighted by molar-refractivity contribution is -0.121. The van der Waals surface area contributed by atoms with Crippen LogP contribution in [0.25, 0.3) is 0 Å². The number of aryl methyl sites for hydroxylation is 1. The van der Waals surface area contributed by atoms with E-state index in [2.05, 4.69) is 15.6 Å². The Bertz CT molecular complexity index is 309. The zero-order valence-corrected chi connectivity index (χ0v) is 9.76. The van der Waals surface area contributed by atoms with Crippen LogP contribution < -0.4 is 11.1 Å². The van der Waals surface area contributed by atoms with Gasteiger partial charge in [0, 0.05) is 25.2 Å². The maximum Gasteiger partial charge on any atom is 0.221 e. The molecule has 0 aromatic carbocycles. The van der Waals surface area contributed by atoms with Crippen LogP contribution >= 0.6 is 0 Å². The lowest BCUT2D eigenvalue weighted by Crippen LogP contribution is -2.40. The van der Waals surface area contributed by atoms with Gasteiger partial charge in [-0.2, -0.15) is 0 Å². The molecule has 90 valence electrons. The van der Waals surface area contributed by atoms with E-state index in [9.17, 15) is 4.79 Å². The van der Waals surface area contributed by atoms with Gasteiger partial charge in [0.05, 0.1) is 12.7 Å². The standard InChI is InChI=1S/C10H19N5O/c1-8(2)9(11)7-12-10(16)3-5-15-6-4-13-14-15/h4,6,8-9H,3,5,7,11H2,1-2H3,(H,12,16). The topological polar surface area (TPSA) is 85.8 Å². The lowest BCUT2D eigenvalue weighted by atomic mass is 10.1. The average molecular weight is 225 g/mol. The van der Waals surface area contributed by atoms with Gasteiger partial charge >= 0.3 is 0 Å². The first-order valence-electron chi connectivity index (χ1n) is 5.46. The molecule has 0 aliphatic rings. The van der Waals surface area contributed by atoms with Crippen molar-refractivity contribution in [3.63, 3.8) is 0 Å². The number of carbonyl (C=O) groups is 1. The molecule has 1 unspecified atom stereocenters. The van der Waals surface area contributed by atoms with Crippen LogP contribution in [-0.4, -0.2) is 33.5 Å². The van der Waals surface area contributed by atoms with E-state index in [-0.39, 0.29) is 11.9 Å². The molecule has 1 aromatic heterocycles. The molecule has 1 heterocycles. The van der Waals surface area contributed by atoms with Gasteiger partial charge in [-0.3, -0.25) is 9.48 Å². The highest BCUT2D eigenvalue weighted by Gasteiger charge is 2.09. The van der Waals surface area contributed by atoms with Crippen LogP contribution in [0.1, 0.15) is 20.3 Å².